The smallest absolute Gasteiger partial charge is 0.240 e. The number of amidine groups is 1. The second-order valence-corrected chi connectivity index (χ2v) is 8.06. The lowest BCUT2D eigenvalue weighted by Crippen LogP contribution is -2.28. The van der Waals surface area contributed by atoms with E-state index in [1.807, 2.05) is 64.1 Å². The predicted molar refractivity (Wildman–Crippen MR) is 112 cm³/mol. The van der Waals surface area contributed by atoms with Crippen LogP contribution in [0.5, 0.6) is 0 Å². The fourth-order valence-electron chi connectivity index (χ4n) is 2.87. The van der Waals surface area contributed by atoms with E-state index in [1.54, 1.807) is 0 Å². The molecule has 0 bridgehead atoms. The molecule has 2 aromatic rings. The summed E-state index contributed by atoms with van der Waals surface area (Å²) in [6, 6.07) is 11.9. The topological polar surface area (TPSA) is 70.6 Å². The van der Waals surface area contributed by atoms with Crippen molar-refractivity contribution in [2.24, 2.45) is 4.99 Å². The molecule has 2 amide bonds. The highest BCUT2D eigenvalue weighted by atomic mass is 32.2. The van der Waals surface area contributed by atoms with E-state index >= 15 is 0 Å². The van der Waals surface area contributed by atoms with Crippen molar-refractivity contribution in [3.63, 3.8) is 0 Å². The molecule has 0 unspecified atom stereocenters. The van der Waals surface area contributed by atoms with Gasteiger partial charge in [-0.25, -0.2) is 4.99 Å². The molecule has 1 atom stereocenters. The number of nitrogens with one attached hydrogen (secondary N) is 2. The van der Waals surface area contributed by atoms with Crippen LogP contribution < -0.4 is 10.6 Å². The number of aryl methyl sites for hydroxylation is 4. The molecule has 1 heterocycles. The second kappa shape index (κ2) is 7.96. The zero-order valence-electron chi connectivity index (χ0n) is 15.9. The Kier molecular flexibility index (Phi) is 5.65. The fourth-order valence-corrected chi connectivity index (χ4v) is 3.85. The van der Waals surface area contributed by atoms with E-state index in [1.165, 1.54) is 11.8 Å². The van der Waals surface area contributed by atoms with Crippen LogP contribution in [-0.4, -0.2) is 22.2 Å². The van der Waals surface area contributed by atoms with E-state index in [0.717, 1.165) is 33.6 Å². The zero-order valence-corrected chi connectivity index (χ0v) is 16.7. The summed E-state index contributed by atoms with van der Waals surface area (Å²) in [5.41, 5.74) is 5.90. The highest BCUT2D eigenvalue weighted by Crippen LogP contribution is 2.28. The number of hydrogen-bond acceptors (Lipinski definition) is 4. The van der Waals surface area contributed by atoms with E-state index in [9.17, 15) is 9.59 Å². The second-order valence-electron chi connectivity index (χ2n) is 6.87. The number of aliphatic imine (C=N–C) groups is 1. The van der Waals surface area contributed by atoms with Gasteiger partial charge in [-0.1, -0.05) is 41.6 Å². The van der Waals surface area contributed by atoms with Crippen molar-refractivity contribution in [1.82, 2.24) is 5.32 Å². The quantitative estimate of drug-likeness (QED) is 0.835. The van der Waals surface area contributed by atoms with Gasteiger partial charge in [0.1, 0.15) is 5.25 Å². The normalized spacial score (nSPS) is 17.9. The van der Waals surface area contributed by atoms with Crippen molar-refractivity contribution >= 4 is 40.1 Å². The van der Waals surface area contributed by atoms with Crippen LogP contribution in [0.3, 0.4) is 0 Å². The van der Waals surface area contributed by atoms with Gasteiger partial charge in [0.05, 0.1) is 5.69 Å². The molecule has 27 heavy (non-hydrogen) atoms. The van der Waals surface area contributed by atoms with Crippen molar-refractivity contribution in [2.45, 2.75) is 39.4 Å². The molecule has 2 aromatic carbocycles. The third-order valence-corrected chi connectivity index (χ3v) is 5.47. The van der Waals surface area contributed by atoms with Gasteiger partial charge >= 0.3 is 0 Å². The summed E-state index contributed by atoms with van der Waals surface area (Å²) in [6.07, 6.45) is 0.107. The Morgan fingerprint density at radius 3 is 2.52 bits per heavy atom. The first kappa shape index (κ1) is 19.2. The lowest BCUT2D eigenvalue weighted by atomic mass is 10.1. The molecule has 2 N–H and O–H groups in total. The van der Waals surface area contributed by atoms with E-state index in [-0.39, 0.29) is 18.2 Å². The third kappa shape index (κ3) is 4.77. The molecule has 6 heteroatoms. The number of thioether (sulfide) groups is 1. The SMILES string of the molecule is Cc1ccc(NC(=O)C[C@@H]2SC(=Nc3cc(C)ccc3C)NC2=O)c(C)c1. The first-order valence-electron chi connectivity index (χ1n) is 8.82. The van der Waals surface area contributed by atoms with E-state index in [4.69, 9.17) is 0 Å². The average molecular weight is 382 g/mol. The minimum atomic E-state index is -0.473. The molecule has 0 aliphatic carbocycles. The third-order valence-electron chi connectivity index (χ3n) is 4.39. The molecule has 1 saturated heterocycles. The number of rotatable bonds is 4. The van der Waals surface area contributed by atoms with Crippen molar-refractivity contribution in [1.29, 1.82) is 0 Å². The Balaban J connectivity index is 1.66. The molecule has 5 nitrogen and oxygen atoms in total. The molecule has 3 rings (SSSR count). The minimum absolute atomic E-state index is 0.107. The van der Waals surface area contributed by atoms with Crippen molar-refractivity contribution < 1.29 is 9.59 Å². The number of benzene rings is 2. The van der Waals surface area contributed by atoms with Crippen molar-refractivity contribution in [3.05, 3.63) is 58.7 Å². The number of carbonyl (C=O) groups excluding carboxylic acids is 2. The molecule has 0 aromatic heterocycles. The molecule has 140 valence electrons. The molecule has 1 aliphatic heterocycles. The molecule has 0 spiro atoms. The average Bonchev–Trinajstić information content (AvgIpc) is 2.93. The number of hydrogen-bond donors (Lipinski definition) is 2. The molecule has 1 fully saturated rings. The van der Waals surface area contributed by atoms with E-state index in [2.05, 4.69) is 15.6 Å². The Morgan fingerprint density at radius 1 is 1.07 bits per heavy atom. The van der Waals surface area contributed by atoms with Gasteiger partial charge in [-0.2, -0.15) is 0 Å². The summed E-state index contributed by atoms with van der Waals surface area (Å²) in [5, 5.41) is 5.74. The summed E-state index contributed by atoms with van der Waals surface area (Å²) in [7, 11) is 0. The molecule has 0 radical (unpaired) electrons. The van der Waals surface area contributed by atoms with Crippen LogP contribution in [0.4, 0.5) is 11.4 Å². The number of nitrogens with zero attached hydrogens (tertiary/aromatic N) is 1. The summed E-state index contributed by atoms with van der Waals surface area (Å²) >= 11 is 1.30. The first-order chi connectivity index (χ1) is 12.8. The highest BCUT2D eigenvalue weighted by molar-refractivity contribution is 8.15. The van der Waals surface area contributed by atoms with Gasteiger partial charge < -0.3 is 10.6 Å². The standard InChI is InChI=1S/C21H23N3O2S/c1-12-6-8-16(15(4)9-12)22-19(25)11-18-20(26)24-21(27-18)23-17-10-13(2)5-7-14(17)3/h5-10,18H,11H2,1-4H3,(H,22,25)(H,23,24,26)/t18-/m0/s1. The molecular formula is C21H23N3O2S. The van der Waals surface area contributed by atoms with E-state index < -0.39 is 5.25 Å². The van der Waals surface area contributed by atoms with Crippen LogP contribution in [0.2, 0.25) is 0 Å². The maximum atomic E-state index is 12.4. The predicted octanol–water partition coefficient (Wildman–Crippen LogP) is 4.17. The summed E-state index contributed by atoms with van der Waals surface area (Å²) < 4.78 is 0. The summed E-state index contributed by atoms with van der Waals surface area (Å²) in [4.78, 5) is 29.2. The van der Waals surface area contributed by atoms with Gasteiger partial charge in [-0.05, 0) is 56.5 Å². The summed E-state index contributed by atoms with van der Waals surface area (Å²) in [5.74, 6) is -0.359. The van der Waals surface area contributed by atoms with Gasteiger partial charge in [-0.3, -0.25) is 9.59 Å². The van der Waals surface area contributed by atoms with Gasteiger partial charge in [0.15, 0.2) is 5.17 Å². The largest absolute Gasteiger partial charge is 0.326 e. The van der Waals surface area contributed by atoms with Crippen LogP contribution in [0.25, 0.3) is 0 Å². The zero-order chi connectivity index (χ0) is 19.6. The van der Waals surface area contributed by atoms with Gasteiger partial charge in [-0.15, -0.1) is 0 Å². The van der Waals surface area contributed by atoms with Gasteiger partial charge in [0, 0.05) is 12.1 Å². The Hall–Kier alpha value is -2.60. The molecule has 0 saturated carbocycles. The monoisotopic (exact) mass is 381 g/mol. The fraction of sp³-hybridized carbons (Fsp3) is 0.286. The Morgan fingerprint density at radius 2 is 1.78 bits per heavy atom. The number of anilines is 1. The van der Waals surface area contributed by atoms with E-state index in [0.29, 0.717) is 5.17 Å². The van der Waals surface area contributed by atoms with Crippen LogP contribution in [0.15, 0.2) is 41.4 Å². The van der Waals surface area contributed by atoms with Crippen LogP contribution in [0, 0.1) is 27.7 Å². The molecular weight excluding hydrogens is 358 g/mol. The van der Waals surface area contributed by atoms with Crippen molar-refractivity contribution in [2.75, 3.05) is 5.32 Å². The minimum Gasteiger partial charge on any atom is -0.326 e. The number of carbonyl (C=O) groups is 2. The van der Waals surface area contributed by atoms with Crippen LogP contribution in [-0.2, 0) is 9.59 Å². The maximum Gasteiger partial charge on any atom is 0.240 e. The first-order valence-corrected chi connectivity index (χ1v) is 9.70. The van der Waals surface area contributed by atoms with Gasteiger partial charge in [0.2, 0.25) is 11.8 Å². The molecule has 1 aliphatic rings. The maximum absolute atomic E-state index is 12.4. The lowest BCUT2D eigenvalue weighted by molar-refractivity contribution is -0.122. The van der Waals surface area contributed by atoms with Crippen molar-refractivity contribution in [3.8, 4) is 0 Å². The Bertz CT molecular complexity index is 937. The Labute approximate surface area is 163 Å². The highest BCUT2D eigenvalue weighted by Gasteiger charge is 2.32. The number of amides is 2. The van der Waals surface area contributed by atoms with Gasteiger partial charge in [0.25, 0.3) is 0 Å². The van der Waals surface area contributed by atoms with Crippen LogP contribution in [0.1, 0.15) is 28.7 Å². The lowest BCUT2D eigenvalue weighted by Gasteiger charge is -2.10. The summed E-state index contributed by atoms with van der Waals surface area (Å²) in [6.45, 7) is 7.95. The van der Waals surface area contributed by atoms with Crippen LogP contribution >= 0.6 is 11.8 Å².